The van der Waals surface area contributed by atoms with Crippen LogP contribution in [-0.4, -0.2) is 4.98 Å². The quantitative estimate of drug-likeness (QED) is 0.605. The van der Waals surface area contributed by atoms with Crippen LogP contribution < -0.4 is 0 Å². The molecule has 100 valence electrons. The number of aromatic nitrogens is 1. The summed E-state index contributed by atoms with van der Waals surface area (Å²) >= 11 is 0. The summed E-state index contributed by atoms with van der Waals surface area (Å²) in [7, 11) is 0. The van der Waals surface area contributed by atoms with Gasteiger partial charge in [-0.25, -0.2) is 4.39 Å². The summed E-state index contributed by atoms with van der Waals surface area (Å²) in [6.45, 7) is 6.24. The predicted octanol–water partition coefficient (Wildman–Crippen LogP) is 4.97. The molecule has 0 unspecified atom stereocenters. The molecule has 2 aromatic carbocycles. The topological polar surface area (TPSA) is 12.9 Å². The lowest BCUT2D eigenvalue weighted by atomic mass is 9.94. The van der Waals surface area contributed by atoms with E-state index in [4.69, 9.17) is 0 Å². The molecule has 3 aromatic rings. The van der Waals surface area contributed by atoms with Gasteiger partial charge < -0.3 is 0 Å². The van der Waals surface area contributed by atoms with Crippen LogP contribution in [0, 0.1) is 26.6 Å². The lowest BCUT2D eigenvalue weighted by Gasteiger charge is -2.13. The Bertz CT molecular complexity index is 783. The second-order valence-electron chi connectivity index (χ2n) is 5.27. The molecule has 1 aromatic heterocycles. The molecule has 0 radical (unpaired) electrons. The third-order valence-corrected chi connectivity index (χ3v) is 3.66. The van der Waals surface area contributed by atoms with Crippen molar-refractivity contribution in [3.05, 3.63) is 65.1 Å². The Labute approximate surface area is 118 Å². The van der Waals surface area contributed by atoms with E-state index in [9.17, 15) is 4.39 Å². The second-order valence-corrected chi connectivity index (χ2v) is 5.27. The normalized spacial score (nSPS) is 11.0. The molecule has 0 aliphatic heterocycles. The fourth-order valence-corrected chi connectivity index (χ4v) is 2.91. The van der Waals surface area contributed by atoms with Crippen molar-refractivity contribution in [1.29, 1.82) is 0 Å². The average Bonchev–Trinajstić information content (AvgIpc) is 2.40. The molecule has 0 aliphatic rings. The van der Waals surface area contributed by atoms with E-state index in [0.29, 0.717) is 5.39 Å². The summed E-state index contributed by atoms with van der Waals surface area (Å²) < 4.78 is 13.9. The van der Waals surface area contributed by atoms with E-state index in [0.717, 1.165) is 16.6 Å². The molecule has 0 spiro atoms. The van der Waals surface area contributed by atoms with Crippen molar-refractivity contribution in [2.45, 2.75) is 20.8 Å². The molecule has 1 heterocycles. The van der Waals surface area contributed by atoms with Crippen molar-refractivity contribution in [2.24, 2.45) is 0 Å². The van der Waals surface area contributed by atoms with Gasteiger partial charge in [-0.05, 0) is 31.9 Å². The van der Waals surface area contributed by atoms with Crippen LogP contribution in [0.5, 0.6) is 0 Å². The number of aryl methyl sites for hydroxylation is 3. The Hall–Kier alpha value is -2.22. The van der Waals surface area contributed by atoms with Crippen molar-refractivity contribution in [1.82, 2.24) is 4.98 Å². The van der Waals surface area contributed by atoms with Crippen LogP contribution in [0.2, 0.25) is 0 Å². The van der Waals surface area contributed by atoms with Gasteiger partial charge in [-0.1, -0.05) is 42.0 Å². The average molecular weight is 265 g/mol. The molecule has 3 rings (SSSR count). The fraction of sp³-hybridized carbons (Fsp3) is 0.167. The van der Waals surface area contributed by atoms with E-state index in [1.165, 1.54) is 22.9 Å². The van der Waals surface area contributed by atoms with Gasteiger partial charge in [0.15, 0.2) is 0 Å². The van der Waals surface area contributed by atoms with Crippen molar-refractivity contribution in [2.75, 3.05) is 0 Å². The standard InChI is InChI=1S/C18H16FN/c1-11-8-12(2)17(13(3)9-11)18-15-7-5-4-6-14(15)16(19)10-20-18/h4-10H,1-3H3. The molecule has 0 amide bonds. The fourth-order valence-electron chi connectivity index (χ4n) is 2.91. The molecule has 0 N–H and O–H groups in total. The van der Waals surface area contributed by atoms with Crippen LogP contribution in [0.4, 0.5) is 4.39 Å². The summed E-state index contributed by atoms with van der Waals surface area (Å²) in [4.78, 5) is 4.35. The monoisotopic (exact) mass is 265 g/mol. The van der Waals surface area contributed by atoms with Crippen LogP contribution in [0.1, 0.15) is 16.7 Å². The van der Waals surface area contributed by atoms with Gasteiger partial charge in [0.1, 0.15) is 5.82 Å². The number of pyridine rings is 1. The summed E-state index contributed by atoms with van der Waals surface area (Å²) in [5.41, 5.74) is 5.54. The van der Waals surface area contributed by atoms with Gasteiger partial charge in [-0.2, -0.15) is 0 Å². The highest BCUT2D eigenvalue weighted by Crippen LogP contribution is 2.33. The van der Waals surface area contributed by atoms with E-state index in [1.807, 2.05) is 18.2 Å². The van der Waals surface area contributed by atoms with E-state index in [1.54, 1.807) is 6.07 Å². The molecular weight excluding hydrogens is 249 g/mol. The minimum atomic E-state index is -0.272. The molecular formula is C18H16FN. The lowest BCUT2D eigenvalue weighted by molar-refractivity contribution is 0.634. The first kappa shape index (κ1) is 12.8. The minimum absolute atomic E-state index is 0.272. The van der Waals surface area contributed by atoms with Crippen LogP contribution in [0.25, 0.3) is 22.0 Å². The van der Waals surface area contributed by atoms with Gasteiger partial charge in [0.2, 0.25) is 0 Å². The van der Waals surface area contributed by atoms with Gasteiger partial charge in [-0.3, -0.25) is 4.98 Å². The number of benzene rings is 2. The van der Waals surface area contributed by atoms with Gasteiger partial charge in [0, 0.05) is 16.3 Å². The zero-order chi connectivity index (χ0) is 14.3. The van der Waals surface area contributed by atoms with E-state index in [2.05, 4.69) is 37.9 Å². The van der Waals surface area contributed by atoms with E-state index < -0.39 is 0 Å². The predicted molar refractivity (Wildman–Crippen MR) is 81.3 cm³/mol. The van der Waals surface area contributed by atoms with Gasteiger partial charge >= 0.3 is 0 Å². The number of nitrogens with zero attached hydrogens (tertiary/aromatic N) is 1. The van der Waals surface area contributed by atoms with Crippen LogP contribution >= 0.6 is 0 Å². The molecule has 20 heavy (non-hydrogen) atoms. The largest absolute Gasteiger partial charge is 0.253 e. The number of hydrogen-bond donors (Lipinski definition) is 0. The SMILES string of the molecule is Cc1cc(C)c(-c2ncc(F)c3ccccc23)c(C)c1. The Morgan fingerprint density at radius 1 is 0.900 bits per heavy atom. The van der Waals surface area contributed by atoms with Crippen molar-refractivity contribution >= 4 is 10.8 Å². The van der Waals surface area contributed by atoms with Crippen LogP contribution in [0.3, 0.4) is 0 Å². The summed E-state index contributed by atoms with van der Waals surface area (Å²) in [6.07, 6.45) is 1.32. The Kier molecular flexibility index (Phi) is 3.01. The van der Waals surface area contributed by atoms with Crippen molar-refractivity contribution in [3.63, 3.8) is 0 Å². The maximum absolute atomic E-state index is 13.9. The van der Waals surface area contributed by atoms with Crippen molar-refractivity contribution in [3.8, 4) is 11.3 Å². The molecule has 2 heteroatoms. The number of fused-ring (bicyclic) bond motifs is 1. The summed E-state index contributed by atoms with van der Waals surface area (Å²) in [5.74, 6) is -0.272. The molecule has 0 saturated carbocycles. The molecule has 0 aliphatic carbocycles. The molecule has 0 bridgehead atoms. The maximum atomic E-state index is 13.9. The highest BCUT2D eigenvalue weighted by molar-refractivity contribution is 5.96. The molecule has 1 nitrogen and oxygen atoms in total. The summed E-state index contributed by atoms with van der Waals surface area (Å²) in [6, 6.07) is 11.8. The first-order valence-electron chi connectivity index (χ1n) is 6.69. The molecule has 0 fully saturated rings. The van der Waals surface area contributed by atoms with Crippen LogP contribution in [0.15, 0.2) is 42.6 Å². The Balaban J connectivity index is 2.39. The third-order valence-electron chi connectivity index (χ3n) is 3.66. The second kappa shape index (κ2) is 4.71. The first-order chi connectivity index (χ1) is 9.58. The lowest BCUT2D eigenvalue weighted by Crippen LogP contribution is -1.95. The number of hydrogen-bond acceptors (Lipinski definition) is 1. The Morgan fingerprint density at radius 2 is 1.50 bits per heavy atom. The van der Waals surface area contributed by atoms with Gasteiger partial charge in [0.05, 0.1) is 11.9 Å². The third kappa shape index (κ3) is 1.97. The van der Waals surface area contributed by atoms with Crippen LogP contribution in [-0.2, 0) is 0 Å². The number of halogens is 1. The highest BCUT2D eigenvalue weighted by Gasteiger charge is 2.13. The zero-order valence-corrected chi connectivity index (χ0v) is 11.9. The zero-order valence-electron chi connectivity index (χ0n) is 11.9. The maximum Gasteiger partial charge on any atom is 0.149 e. The van der Waals surface area contributed by atoms with Crippen molar-refractivity contribution < 1.29 is 4.39 Å². The molecule has 0 atom stereocenters. The van der Waals surface area contributed by atoms with Gasteiger partial charge in [-0.15, -0.1) is 0 Å². The Morgan fingerprint density at radius 3 is 2.15 bits per heavy atom. The first-order valence-corrected chi connectivity index (χ1v) is 6.69. The minimum Gasteiger partial charge on any atom is -0.253 e. The van der Waals surface area contributed by atoms with E-state index in [-0.39, 0.29) is 5.82 Å². The highest BCUT2D eigenvalue weighted by atomic mass is 19.1. The summed E-state index contributed by atoms with van der Waals surface area (Å²) in [5, 5.41) is 1.49. The number of rotatable bonds is 1. The van der Waals surface area contributed by atoms with E-state index >= 15 is 0 Å². The van der Waals surface area contributed by atoms with Gasteiger partial charge in [0.25, 0.3) is 0 Å². The molecule has 0 saturated heterocycles. The smallest absolute Gasteiger partial charge is 0.149 e.